The van der Waals surface area contributed by atoms with Crippen LogP contribution in [0, 0.1) is 17.8 Å². The summed E-state index contributed by atoms with van der Waals surface area (Å²) >= 11 is 0. The molecule has 1 aromatic carbocycles. The number of fused-ring (bicyclic) bond motifs is 1. The van der Waals surface area contributed by atoms with Gasteiger partial charge in [-0.1, -0.05) is 52.0 Å². The van der Waals surface area contributed by atoms with Crippen LogP contribution < -0.4 is 0 Å². The quantitative estimate of drug-likeness (QED) is 0.742. The molecule has 1 saturated heterocycles. The van der Waals surface area contributed by atoms with E-state index in [1.54, 1.807) is 11.1 Å². The van der Waals surface area contributed by atoms with E-state index in [9.17, 15) is 4.79 Å². The lowest BCUT2D eigenvalue weighted by molar-refractivity contribution is 0.110. The zero-order valence-corrected chi connectivity index (χ0v) is 16.6. The van der Waals surface area contributed by atoms with Crippen LogP contribution in [0.5, 0.6) is 0 Å². The molecule has 2 aliphatic rings. The van der Waals surface area contributed by atoms with E-state index in [0.29, 0.717) is 12.0 Å². The Morgan fingerprint density at radius 1 is 1.16 bits per heavy atom. The summed E-state index contributed by atoms with van der Waals surface area (Å²) in [5, 5.41) is 0. The largest absolute Gasteiger partial charge is 0.453 e. The van der Waals surface area contributed by atoms with Crippen molar-refractivity contribution < 1.29 is 9.53 Å². The van der Waals surface area contributed by atoms with Gasteiger partial charge in [0.25, 0.3) is 0 Å². The van der Waals surface area contributed by atoms with Gasteiger partial charge >= 0.3 is 6.09 Å². The monoisotopic (exact) mass is 345 g/mol. The molecule has 0 radical (unpaired) electrons. The fraction of sp³-hybridized carbons (Fsp3) is 0.682. The van der Waals surface area contributed by atoms with E-state index in [0.717, 1.165) is 31.2 Å². The third-order valence-corrected chi connectivity index (χ3v) is 5.42. The lowest BCUT2D eigenvalue weighted by atomic mass is 9.95. The molecule has 3 rings (SSSR count). The highest BCUT2D eigenvalue weighted by Crippen LogP contribution is 2.30. The first-order valence-electron chi connectivity index (χ1n) is 9.83. The Morgan fingerprint density at radius 3 is 2.24 bits per heavy atom. The van der Waals surface area contributed by atoms with E-state index < -0.39 is 0 Å². The maximum atomic E-state index is 11.2. The van der Waals surface area contributed by atoms with E-state index in [4.69, 9.17) is 4.74 Å². The second kappa shape index (κ2) is 9.26. The zero-order chi connectivity index (χ0) is 18.4. The number of rotatable bonds is 3. The number of methoxy groups -OCH3 is 1. The van der Waals surface area contributed by atoms with Crippen molar-refractivity contribution in [1.29, 1.82) is 0 Å². The molecule has 0 spiro atoms. The van der Waals surface area contributed by atoms with E-state index in [-0.39, 0.29) is 6.09 Å². The van der Waals surface area contributed by atoms with Gasteiger partial charge in [-0.2, -0.15) is 0 Å². The van der Waals surface area contributed by atoms with E-state index in [1.165, 1.54) is 26.4 Å². The van der Waals surface area contributed by atoms with Gasteiger partial charge in [0.05, 0.1) is 7.11 Å². The predicted octanol–water partition coefficient (Wildman–Crippen LogP) is 5.32. The lowest BCUT2D eigenvalue weighted by Crippen LogP contribution is -2.38. The molecule has 1 aliphatic carbocycles. The van der Waals surface area contributed by atoms with Crippen molar-refractivity contribution in [2.24, 2.45) is 17.8 Å². The van der Waals surface area contributed by atoms with Crippen molar-refractivity contribution >= 4 is 6.09 Å². The second-order valence-electron chi connectivity index (χ2n) is 8.29. The second-order valence-corrected chi connectivity index (χ2v) is 8.29. The molecular weight excluding hydrogens is 310 g/mol. The molecule has 1 amide bonds. The van der Waals surface area contributed by atoms with Crippen molar-refractivity contribution in [2.45, 2.75) is 65.8 Å². The fourth-order valence-electron chi connectivity index (χ4n) is 4.31. The smallest absolute Gasteiger partial charge is 0.409 e. The average molecular weight is 346 g/mol. The van der Waals surface area contributed by atoms with Crippen LogP contribution in [-0.4, -0.2) is 30.7 Å². The number of nitrogens with zero attached hydrogens (tertiary/aromatic N) is 1. The number of likely N-dealkylation sites (tertiary alicyclic amines) is 1. The molecule has 0 N–H and O–H groups in total. The summed E-state index contributed by atoms with van der Waals surface area (Å²) in [5.41, 5.74) is 3.18. The standard InChI is InChI=1S/C13H18.C9H17NO2/c1-10(2)7-11-8-12-5-3-4-6-13(12)9-11;1-7(2)8-5-4-6-10(8)9(11)12-3/h3-6,10-11H,7-9H2,1-2H3;7-8H,4-6H2,1-3H3. The molecule has 0 aromatic heterocycles. The summed E-state index contributed by atoms with van der Waals surface area (Å²) in [5.74, 6) is 2.29. The van der Waals surface area contributed by atoms with Gasteiger partial charge < -0.3 is 9.64 Å². The first-order valence-corrected chi connectivity index (χ1v) is 9.83. The van der Waals surface area contributed by atoms with Crippen molar-refractivity contribution in [3.05, 3.63) is 35.4 Å². The van der Waals surface area contributed by atoms with Gasteiger partial charge in [0.15, 0.2) is 0 Å². The van der Waals surface area contributed by atoms with Gasteiger partial charge in [0, 0.05) is 12.6 Å². The Bertz CT molecular complexity index is 528. The van der Waals surface area contributed by atoms with Gasteiger partial charge in [0.2, 0.25) is 0 Å². The van der Waals surface area contributed by atoms with Crippen LogP contribution >= 0.6 is 0 Å². The molecule has 3 heteroatoms. The van der Waals surface area contributed by atoms with Crippen molar-refractivity contribution in [1.82, 2.24) is 4.90 Å². The predicted molar refractivity (Wildman–Crippen MR) is 104 cm³/mol. The molecule has 1 heterocycles. The Morgan fingerprint density at radius 2 is 1.76 bits per heavy atom. The molecule has 25 heavy (non-hydrogen) atoms. The molecule has 1 fully saturated rings. The molecule has 1 unspecified atom stereocenters. The lowest BCUT2D eigenvalue weighted by Gasteiger charge is -2.25. The molecule has 140 valence electrons. The highest BCUT2D eigenvalue weighted by molar-refractivity contribution is 5.68. The van der Waals surface area contributed by atoms with E-state index >= 15 is 0 Å². The number of amides is 1. The summed E-state index contributed by atoms with van der Waals surface area (Å²) in [6.07, 6.45) is 6.06. The Balaban J connectivity index is 0.000000181. The summed E-state index contributed by atoms with van der Waals surface area (Å²) < 4.78 is 4.70. The maximum Gasteiger partial charge on any atom is 0.409 e. The number of carbonyl (C=O) groups excluding carboxylic acids is 1. The minimum Gasteiger partial charge on any atom is -0.453 e. The summed E-state index contributed by atoms with van der Waals surface area (Å²) in [6.45, 7) is 9.79. The normalized spacial score (nSPS) is 19.8. The SMILES string of the molecule is CC(C)CC1Cc2ccccc2C1.COC(=O)N1CCCC1C(C)C. The van der Waals surface area contributed by atoms with Gasteiger partial charge in [-0.3, -0.25) is 0 Å². The Kier molecular flexibility index (Phi) is 7.34. The minimum absolute atomic E-state index is 0.175. The molecule has 1 atom stereocenters. The first-order chi connectivity index (χ1) is 11.9. The first kappa shape index (κ1) is 19.8. The van der Waals surface area contributed by atoms with E-state index in [2.05, 4.69) is 52.0 Å². The van der Waals surface area contributed by atoms with Crippen LogP contribution in [0.2, 0.25) is 0 Å². The average Bonchev–Trinajstić information content (AvgIpc) is 3.20. The third-order valence-electron chi connectivity index (χ3n) is 5.42. The summed E-state index contributed by atoms with van der Waals surface area (Å²) in [4.78, 5) is 13.1. The maximum absolute atomic E-state index is 11.2. The number of ether oxygens (including phenoxy) is 1. The number of carbonyl (C=O) groups is 1. The highest BCUT2D eigenvalue weighted by atomic mass is 16.5. The molecular formula is C22H35NO2. The van der Waals surface area contributed by atoms with Crippen LogP contribution in [0.25, 0.3) is 0 Å². The van der Waals surface area contributed by atoms with Crippen LogP contribution in [0.4, 0.5) is 4.79 Å². The van der Waals surface area contributed by atoms with Gasteiger partial charge in [-0.05, 0) is 61.0 Å². The highest BCUT2D eigenvalue weighted by Gasteiger charge is 2.31. The van der Waals surface area contributed by atoms with Gasteiger partial charge in [0.1, 0.15) is 0 Å². The summed E-state index contributed by atoms with van der Waals surface area (Å²) in [6, 6.07) is 9.29. The number of benzene rings is 1. The van der Waals surface area contributed by atoms with Crippen LogP contribution in [-0.2, 0) is 17.6 Å². The van der Waals surface area contributed by atoms with Crippen LogP contribution in [0.15, 0.2) is 24.3 Å². The van der Waals surface area contributed by atoms with E-state index in [1.807, 2.05) is 4.90 Å². The number of hydrogen-bond acceptors (Lipinski definition) is 2. The fourth-order valence-corrected chi connectivity index (χ4v) is 4.31. The topological polar surface area (TPSA) is 29.5 Å². The number of hydrogen-bond donors (Lipinski definition) is 0. The van der Waals surface area contributed by atoms with Crippen molar-refractivity contribution in [3.63, 3.8) is 0 Å². The molecule has 0 saturated carbocycles. The van der Waals surface area contributed by atoms with Crippen molar-refractivity contribution in [3.8, 4) is 0 Å². The molecule has 0 bridgehead atoms. The van der Waals surface area contributed by atoms with Crippen LogP contribution in [0.1, 0.15) is 58.1 Å². The zero-order valence-electron chi connectivity index (χ0n) is 16.6. The van der Waals surface area contributed by atoms with Crippen molar-refractivity contribution in [2.75, 3.05) is 13.7 Å². The Hall–Kier alpha value is -1.51. The molecule has 1 aromatic rings. The van der Waals surface area contributed by atoms with Gasteiger partial charge in [-0.15, -0.1) is 0 Å². The summed E-state index contributed by atoms with van der Waals surface area (Å²) in [7, 11) is 1.44. The van der Waals surface area contributed by atoms with Gasteiger partial charge in [-0.25, -0.2) is 4.79 Å². The third kappa shape index (κ3) is 5.49. The molecule has 3 nitrogen and oxygen atoms in total. The Labute approximate surface area is 153 Å². The van der Waals surface area contributed by atoms with Crippen LogP contribution in [0.3, 0.4) is 0 Å². The molecule has 1 aliphatic heterocycles. The minimum atomic E-state index is -0.175.